The highest BCUT2D eigenvalue weighted by Crippen LogP contribution is 2.24. The number of likely N-dealkylation sites (N-methyl/N-ethyl adjacent to an activating group) is 1. The van der Waals surface area contributed by atoms with Crippen LogP contribution in [0.5, 0.6) is 0 Å². The molecule has 0 aliphatic carbocycles. The minimum atomic E-state index is -0.829. The van der Waals surface area contributed by atoms with Crippen molar-refractivity contribution in [2.45, 2.75) is 38.9 Å². The van der Waals surface area contributed by atoms with Gasteiger partial charge in [-0.05, 0) is 32.6 Å². The summed E-state index contributed by atoms with van der Waals surface area (Å²) < 4.78 is 1.89. The molecule has 0 spiro atoms. The molecular formula is C20H26N4O3. The lowest BCUT2D eigenvalue weighted by atomic mass is 10.0. The summed E-state index contributed by atoms with van der Waals surface area (Å²) in [5.41, 5.74) is 3.87. The third kappa shape index (κ3) is 4.36. The highest BCUT2D eigenvalue weighted by molar-refractivity contribution is 5.83. The van der Waals surface area contributed by atoms with Crippen LogP contribution in [0, 0.1) is 6.92 Å². The topological polar surface area (TPSA) is 78.7 Å². The van der Waals surface area contributed by atoms with Gasteiger partial charge in [-0.15, -0.1) is 0 Å². The number of hydrogen-bond acceptors (Lipinski definition) is 4. The Balaban J connectivity index is 1.75. The molecule has 2 aromatic rings. The van der Waals surface area contributed by atoms with E-state index in [4.69, 9.17) is 5.11 Å². The van der Waals surface area contributed by atoms with Crippen LogP contribution in [0.25, 0.3) is 0 Å². The van der Waals surface area contributed by atoms with Crippen molar-refractivity contribution in [2.24, 2.45) is 0 Å². The maximum atomic E-state index is 13.2. The number of amides is 1. The molecule has 0 fully saturated rings. The minimum absolute atomic E-state index is 0.0647. The maximum Gasteiger partial charge on any atom is 0.303 e. The van der Waals surface area contributed by atoms with Crippen LogP contribution in [0.2, 0.25) is 0 Å². The van der Waals surface area contributed by atoms with E-state index in [1.54, 1.807) is 0 Å². The molecule has 1 N–H and O–H groups in total. The summed E-state index contributed by atoms with van der Waals surface area (Å²) in [6.07, 6.45) is 0.474. The summed E-state index contributed by atoms with van der Waals surface area (Å²) >= 11 is 0. The van der Waals surface area contributed by atoms with Gasteiger partial charge in [0, 0.05) is 13.0 Å². The second kappa shape index (κ2) is 7.92. The van der Waals surface area contributed by atoms with Crippen molar-refractivity contribution >= 4 is 11.9 Å². The summed E-state index contributed by atoms with van der Waals surface area (Å²) in [5, 5.41) is 13.3. The van der Waals surface area contributed by atoms with Crippen LogP contribution in [0.3, 0.4) is 0 Å². The fourth-order valence-electron chi connectivity index (χ4n) is 3.45. The third-order valence-corrected chi connectivity index (χ3v) is 4.90. The minimum Gasteiger partial charge on any atom is -0.481 e. The molecule has 0 bridgehead atoms. The quantitative estimate of drug-likeness (QED) is 0.840. The summed E-state index contributed by atoms with van der Waals surface area (Å²) in [6, 6.07) is 9.66. The van der Waals surface area contributed by atoms with E-state index in [-0.39, 0.29) is 18.4 Å². The number of rotatable bonds is 6. The van der Waals surface area contributed by atoms with Crippen molar-refractivity contribution in [1.82, 2.24) is 19.6 Å². The molecule has 144 valence electrons. The normalized spacial score (nSPS) is 14.9. The monoisotopic (exact) mass is 370 g/mol. The summed E-state index contributed by atoms with van der Waals surface area (Å²) in [6.45, 7) is 3.75. The Hall–Kier alpha value is -2.67. The molecular weight excluding hydrogens is 344 g/mol. The maximum absolute atomic E-state index is 13.2. The largest absolute Gasteiger partial charge is 0.481 e. The summed E-state index contributed by atoms with van der Waals surface area (Å²) in [5.74, 6) is -0.756. The Labute approximate surface area is 159 Å². The lowest BCUT2D eigenvalue weighted by molar-refractivity contribution is -0.138. The molecule has 0 saturated carbocycles. The van der Waals surface area contributed by atoms with Crippen LogP contribution in [-0.4, -0.2) is 57.2 Å². The number of carbonyl (C=O) groups excluding carboxylic acids is 1. The lowest BCUT2D eigenvalue weighted by Gasteiger charge is -2.33. The van der Waals surface area contributed by atoms with Crippen LogP contribution < -0.4 is 0 Å². The van der Waals surface area contributed by atoms with Gasteiger partial charge in [0.1, 0.15) is 6.04 Å². The zero-order valence-electron chi connectivity index (χ0n) is 16.1. The number of fused-ring (bicyclic) bond motifs is 1. The molecule has 1 aliphatic rings. The average molecular weight is 370 g/mol. The average Bonchev–Trinajstić information content (AvgIpc) is 3.03. The van der Waals surface area contributed by atoms with Gasteiger partial charge in [0.05, 0.1) is 30.9 Å². The van der Waals surface area contributed by atoms with Gasteiger partial charge in [-0.2, -0.15) is 5.10 Å². The first-order chi connectivity index (χ1) is 12.8. The Morgan fingerprint density at radius 3 is 2.56 bits per heavy atom. The zero-order chi connectivity index (χ0) is 19.6. The number of aromatic nitrogens is 2. The van der Waals surface area contributed by atoms with Crippen molar-refractivity contribution in [1.29, 1.82) is 0 Å². The molecule has 7 heteroatoms. The predicted molar refractivity (Wildman–Crippen MR) is 101 cm³/mol. The molecule has 1 aromatic heterocycles. The number of aryl methyl sites for hydroxylation is 2. The van der Waals surface area contributed by atoms with Gasteiger partial charge in [-0.1, -0.05) is 29.8 Å². The van der Waals surface area contributed by atoms with Gasteiger partial charge in [0.25, 0.3) is 0 Å². The van der Waals surface area contributed by atoms with E-state index in [2.05, 4.69) is 5.10 Å². The SMILES string of the molecule is Cc1ccc([C@H](C(=O)N2CCn3nc(CCC(=O)O)cc3C2)N(C)C)cc1. The van der Waals surface area contributed by atoms with Crippen LogP contribution in [0.1, 0.15) is 35.0 Å². The summed E-state index contributed by atoms with van der Waals surface area (Å²) in [7, 11) is 3.83. The Kier molecular flexibility index (Phi) is 5.60. The van der Waals surface area contributed by atoms with Crippen LogP contribution in [0.4, 0.5) is 0 Å². The molecule has 27 heavy (non-hydrogen) atoms. The second-order valence-electron chi connectivity index (χ2n) is 7.28. The third-order valence-electron chi connectivity index (χ3n) is 4.90. The summed E-state index contributed by atoms with van der Waals surface area (Å²) in [4.78, 5) is 27.8. The fourth-order valence-corrected chi connectivity index (χ4v) is 3.45. The van der Waals surface area contributed by atoms with Crippen molar-refractivity contribution in [3.8, 4) is 0 Å². The molecule has 1 aromatic carbocycles. The number of aliphatic carboxylic acids is 1. The van der Waals surface area contributed by atoms with E-state index in [1.807, 2.05) is 65.8 Å². The van der Waals surface area contributed by atoms with E-state index in [9.17, 15) is 9.59 Å². The first kappa shape index (κ1) is 19.1. The lowest BCUT2D eigenvalue weighted by Crippen LogP contribution is -2.44. The Bertz CT molecular complexity index is 826. The Morgan fingerprint density at radius 1 is 1.22 bits per heavy atom. The number of benzene rings is 1. The number of carbonyl (C=O) groups is 2. The second-order valence-corrected chi connectivity index (χ2v) is 7.28. The molecule has 1 amide bonds. The standard InChI is InChI=1S/C20H26N4O3/c1-14-4-6-15(7-5-14)19(22(2)3)20(27)23-10-11-24-17(13-23)12-16(21-24)8-9-18(25)26/h4-7,12,19H,8-11,13H2,1-3H3,(H,25,26)/t19-/m1/s1. The number of nitrogens with zero attached hydrogens (tertiary/aromatic N) is 4. The van der Waals surface area contributed by atoms with Gasteiger partial charge >= 0.3 is 5.97 Å². The first-order valence-corrected chi connectivity index (χ1v) is 9.14. The van der Waals surface area contributed by atoms with Crippen molar-refractivity contribution in [3.63, 3.8) is 0 Å². The molecule has 2 heterocycles. The zero-order valence-corrected chi connectivity index (χ0v) is 16.1. The number of carboxylic acid groups (broad SMARTS) is 1. The van der Waals surface area contributed by atoms with Gasteiger partial charge in [0.2, 0.25) is 5.91 Å². The van der Waals surface area contributed by atoms with Crippen molar-refractivity contribution < 1.29 is 14.7 Å². The fraction of sp³-hybridized carbons (Fsp3) is 0.450. The van der Waals surface area contributed by atoms with Crippen LogP contribution >= 0.6 is 0 Å². The van der Waals surface area contributed by atoms with E-state index in [0.29, 0.717) is 26.1 Å². The van der Waals surface area contributed by atoms with E-state index in [1.165, 1.54) is 5.56 Å². The molecule has 0 unspecified atom stereocenters. The molecule has 1 aliphatic heterocycles. The number of hydrogen-bond donors (Lipinski definition) is 1. The highest BCUT2D eigenvalue weighted by Gasteiger charge is 2.30. The molecule has 0 radical (unpaired) electrons. The smallest absolute Gasteiger partial charge is 0.303 e. The Morgan fingerprint density at radius 2 is 1.93 bits per heavy atom. The number of carboxylic acids is 1. The van der Waals surface area contributed by atoms with Gasteiger partial charge < -0.3 is 10.0 Å². The van der Waals surface area contributed by atoms with Crippen molar-refractivity contribution in [3.05, 3.63) is 52.8 Å². The molecule has 3 rings (SSSR count). The molecule has 0 saturated heterocycles. The first-order valence-electron chi connectivity index (χ1n) is 9.14. The predicted octanol–water partition coefficient (Wildman–Crippen LogP) is 1.85. The van der Waals surface area contributed by atoms with E-state index < -0.39 is 5.97 Å². The van der Waals surface area contributed by atoms with Gasteiger partial charge in [0.15, 0.2) is 0 Å². The van der Waals surface area contributed by atoms with E-state index in [0.717, 1.165) is 17.0 Å². The van der Waals surface area contributed by atoms with Crippen LogP contribution in [0.15, 0.2) is 30.3 Å². The van der Waals surface area contributed by atoms with Gasteiger partial charge in [-0.25, -0.2) is 0 Å². The van der Waals surface area contributed by atoms with E-state index >= 15 is 0 Å². The van der Waals surface area contributed by atoms with Crippen LogP contribution in [-0.2, 0) is 29.1 Å². The molecule has 1 atom stereocenters. The highest BCUT2D eigenvalue weighted by atomic mass is 16.4. The van der Waals surface area contributed by atoms with Crippen molar-refractivity contribution in [2.75, 3.05) is 20.6 Å². The molecule has 7 nitrogen and oxygen atoms in total. The van der Waals surface area contributed by atoms with Gasteiger partial charge in [-0.3, -0.25) is 19.2 Å².